The van der Waals surface area contributed by atoms with Crippen molar-refractivity contribution in [1.82, 2.24) is 19.8 Å². The summed E-state index contributed by atoms with van der Waals surface area (Å²) in [7, 11) is 0. The summed E-state index contributed by atoms with van der Waals surface area (Å²) >= 11 is 6.31. The molecule has 9 nitrogen and oxygen atoms in total. The molecule has 1 fully saturated rings. The molecule has 2 N–H and O–H groups in total. The van der Waals surface area contributed by atoms with E-state index in [2.05, 4.69) is 32.4 Å². The van der Waals surface area contributed by atoms with Gasteiger partial charge in [0.2, 0.25) is 5.75 Å². The smallest absolute Gasteiger partial charge is 0.416 e. The van der Waals surface area contributed by atoms with Crippen molar-refractivity contribution in [3.63, 3.8) is 0 Å². The standard InChI is InChI=1S/C28H30ClF3N6O3/c1-3-37-8-10-38(11-9-37)14-19-4-6-20(13-21(19)28(30,31)32)36-26(39)18-5-7-22(29)23(12-18)41-27-24-25(33-16-34-27)35-17(2)15-40-24/h4-7,12-13,16-17H,3,8-11,14-15H2,1-2H3,(H,36,39)(H,33,34,35). The van der Waals surface area contributed by atoms with Gasteiger partial charge in [-0.1, -0.05) is 24.6 Å². The van der Waals surface area contributed by atoms with Crippen molar-refractivity contribution in [2.24, 2.45) is 0 Å². The predicted octanol–water partition coefficient (Wildman–Crippen LogP) is 5.52. The second kappa shape index (κ2) is 12.1. The van der Waals surface area contributed by atoms with Crippen LogP contribution in [-0.4, -0.2) is 71.0 Å². The van der Waals surface area contributed by atoms with Crippen molar-refractivity contribution in [3.8, 4) is 17.4 Å². The first-order valence-corrected chi connectivity index (χ1v) is 13.7. The third kappa shape index (κ3) is 6.83. The first kappa shape index (κ1) is 28.9. The molecular formula is C28H30ClF3N6O3. The lowest BCUT2D eigenvalue weighted by Crippen LogP contribution is -2.45. The van der Waals surface area contributed by atoms with Gasteiger partial charge in [0.1, 0.15) is 18.7 Å². The van der Waals surface area contributed by atoms with Gasteiger partial charge in [-0.15, -0.1) is 0 Å². The third-order valence-electron chi connectivity index (χ3n) is 7.01. The lowest BCUT2D eigenvalue weighted by molar-refractivity contribution is -0.138. The fourth-order valence-corrected chi connectivity index (χ4v) is 4.89. The van der Waals surface area contributed by atoms with Gasteiger partial charge in [0.05, 0.1) is 16.6 Å². The van der Waals surface area contributed by atoms with Crippen molar-refractivity contribution >= 4 is 29.0 Å². The summed E-state index contributed by atoms with van der Waals surface area (Å²) in [5.74, 6) is 0.376. The van der Waals surface area contributed by atoms with Crippen molar-refractivity contribution in [2.45, 2.75) is 32.6 Å². The number of carbonyl (C=O) groups is 1. The van der Waals surface area contributed by atoms with Gasteiger partial charge < -0.3 is 25.0 Å². The van der Waals surface area contributed by atoms with Crippen LogP contribution in [0.15, 0.2) is 42.7 Å². The van der Waals surface area contributed by atoms with Crippen LogP contribution in [0.2, 0.25) is 5.02 Å². The number of piperazine rings is 1. The molecule has 1 saturated heterocycles. The van der Waals surface area contributed by atoms with Crippen molar-refractivity contribution in [3.05, 3.63) is 64.4 Å². The van der Waals surface area contributed by atoms with Crippen LogP contribution in [0, 0.1) is 0 Å². The van der Waals surface area contributed by atoms with E-state index in [-0.39, 0.29) is 46.1 Å². The van der Waals surface area contributed by atoms with E-state index in [0.717, 1.165) is 25.7 Å². The fraction of sp³-hybridized carbons (Fsp3) is 0.393. The number of carbonyl (C=O) groups excluding carboxylic acids is 1. The molecule has 5 rings (SSSR count). The number of nitrogens with zero attached hydrogens (tertiary/aromatic N) is 4. The summed E-state index contributed by atoms with van der Waals surface area (Å²) in [6, 6.07) is 8.23. The second-order valence-corrected chi connectivity index (χ2v) is 10.4. The van der Waals surface area contributed by atoms with Gasteiger partial charge in [-0.2, -0.15) is 18.2 Å². The highest BCUT2D eigenvalue weighted by Crippen LogP contribution is 2.39. The molecule has 0 radical (unpaired) electrons. The molecule has 2 aliphatic rings. The summed E-state index contributed by atoms with van der Waals surface area (Å²) in [5.41, 5.74) is -0.448. The van der Waals surface area contributed by atoms with Crippen LogP contribution in [0.5, 0.6) is 17.4 Å². The number of alkyl halides is 3. The molecule has 3 heterocycles. The quantitative estimate of drug-likeness (QED) is 0.372. The first-order valence-electron chi connectivity index (χ1n) is 13.3. The molecular weight excluding hydrogens is 561 g/mol. The Morgan fingerprint density at radius 2 is 1.90 bits per heavy atom. The number of amides is 1. The van der Waals surface area contributed by atoms with Crippen LogP contribution < -0.4 is 20.1 Å². The molecule has 0 spiro atoms. The molecule has 0 aliphatic carbocycles. The summed E-state index contributed by atoms with van der Waals surface area (Å²) in [6.45, 7) is 8.53. The lowest BCUT2D eigenvalue weighted by Gasteiger charge is -2.34. The van der Waals surface area contributed by atoms with Crippen LogP contribution in [-0.2, 0) is 12.7 Å². The van der Waals surface area contributed by atoms with E-state index < -0.39 is 17.6 Å². The Morgan fingerprint density at radius 1 is 1.15 bits per heavy atom. The summed E-state index contributed by atoms with van der Waals surface area (Å²) in [6.07, 6.45) is -3.27. The van der Waals surface area contributed by atoms with Crippen LogP contribution in [0.25, 0.3) is 0 Å². The van der Waals surface area contributed by atoms with E-state index in [1.54, 1.807) is 0 Å². The molecule has 0 saturated carbocycles. The van der Waals surface area contributed by atoms with Gasteiger partial charge in [0.25, 0.3) is 11.8 Å². The van der Waals surface area contributed by atoms with Crippen molar-refractivity contribution in [1.29, 1.82) is 0 Å². The number of rotatable bonds is 7. The van der Waals surface area contributed by atoms with E-state index in [1.165, 1.54) is 36.7 Å². The molecule has 2 aliphatic heterocycles. The number of hydrogen-bond donors (Lipinski definition) is 2. The molecule has 1 atom stereocenters. The predicted molar refractivity (Wildman–Crippen MR) is 149 cm³/mol. The SMILES string of the molecule is CCN1CCN(Cc2ccc(NC(=O)c3ccc(Cl)c(Oc4ncnc5c4OCC(C)N5)c3)cc2C(F)(F)F)CC1. The molecule has 1 unspecified atom stereocenters. The summed E-state index contributed by atoms with van der Waals surface area (Å²) < 4.78 is 53.6. The number of anilines is 2. The van der Waals surface area contributed by atoms with E-state index in [0.29, 0.717) is 31.3 Å². The number of likely N-dealkylation sites (N-methyl/N-ethyl adjacent to an activating group) is 1. The van der Waals surface area contributed by atoms with Gasteiger partial charge in [-0.3, -0.25) is 9.69 Å². The van der Waals surface area contributed by atoms with Crippen LogP contribution in [0.3, 0.4) is 0 Å². The Labute approximate surface area is 240 Å². The average molecular weight is 591 g/mol. The average Bonchev–Trinajstić information content (AvgIpc) is 2.94. The molecule has 1 amide bonds. The van der Waals surface area contributed by atoms with Crippen molar-refractivity contribution < 1.29 is 27.4 Å². The molecule has 13 heteroatoms. The molecule has 1 aromatic heterocycles. The zero-order chi connectivity index (χ0) is 29.1. The lowest BCUT2D eigenvalue weighted by atomic mass is 10.0. The number of nitrogens with one attached hydrogen (secondary N) is 2. The van der Waals surface area contributed by atoms with Crippen LogP contribution >= 0.6 is 11.6 Å². The molecule has 2 aromatic carbocycles. The van der Waals surface area contributed by atoms with E-state index in [9.17, 15) is 18.0 Å². The minimum atomic E-state index is -4.58. The number of ether oxygens (including phenoxy) is 2. The number of halogens is 4. The van der Waals surface area contributed by atoms with Gasteiger partial charge in [0.15, 0.2) is 5.82 Å². The number of benzene rings is 2. The Hall–Kier alpha value is -3.61. The third-order valence-corrected chi connectivity index (χ3v) is 7.32. The fourth-order valence-electron chi connectivity index (χ4n) is 4.74. The molecule has 41 heavy (non-hydrogen) atoms. The normalized spacial score (nSPS) is 17.8. The topological polar surface area (TPSA) is 91.9 Å². The highest BCUT2D eigenvalue weighted by molar-refractivity contribution is 6.32. The Kier molecular flexibility index (Phi) is 8.52. The zero-order valence-electron chi connectivity index (χ0n) is 22.6. The Bertz CT molecular complexity index is 1420. The minimum absolute atomic E-state index is 0.0257. The molecule has 0 bridgehead atoms. The number of aromatic nitrogens is 2. The van der Waals surface area contributed by atoms with Crippen molar-refractivity contribution in [2.75, 3.05) is 50.0 Å². The highest BCUT2D eigenvalue weighted by atomic mass is 35.5. The van der Waals surface area contributed by atoms with Crippen LogP contribution in [0.4, 0.5) is 24.7 Å². The van der Waals surface area contributed by atoms with E-state index >= 15 is 0 Å². The maximum absolute atomic E-state index is 14.0. The molecule has 3 aromatic rings. The zero-order valence-corrected chi connectivity index (χ0v) is 23.3. The first-order chi connectivity index (χ1) is 19.6. The van der Waals surface area contributed by atoms with Gasteiger partial charge in [0, 0.05) is 44.0 Å². The maximum atomic E-state index is 14.0. The maximum Gasteiger partial charge on any atom is 0.416 e. The Balaban J connectivity index is 1.32. The van der Waals surface area contributed by atoms with Gasteiger partial charge >= 0.3 is 6.18 Å². The second-order valence-electron chi connectivity index (χ2n) is 9.99. The van der Waals surface area contributed by atoms with E-state index in [1.807, 2.05) is 11.8 Å². The largest absolute Gasteiger partial charge is 0.483 e. The van der Waals surface area contributed by atoms with Crippen LogP contribution in [0.1, 0.15) is 35.3 Å². The monoisotopic (exact) mass is 590 g/mol. The Morgan fingerprint density at radius 3 is 2.63 bits per heavy atom. The van der Waals surface area contributed by atoms with Gasteiger partial charge in [-0.05, 0) is 49.4 Å². The summed E-state index contributed by atoms with van der Waals surface area (Å²) in [4.78, 5) is 25.6. The highest BCUT2D eigenvalue weighted by Gasteiger charge is 2.34. The van der Waals surface area contributed by atoms with Gasteiger partial charge in [-0.25, -0.2) is 4.98 Å². The summed E-state index contributed by atoms with van der Waals surface area (Å²) in [5, 5.41) is 5.93. The molecule has 218 valence electrons. The van der Waals surface area contributed by atoms with E-state index in [4.69, 9.17) is 21.1 Å². The number of hydrogen-bond acceptors (Lipinski definition) is 8. The minimum Gasteiger partial charge on any atom is -0.483 e. The number of fused-ring (bicyclic) bond motifs is 1.